The van der Waals surface area contributed by atoms with Gasteiger partial charge in [0, 0.05) is 11.4 Å². The quantitative estimate of drug-likeness (QED) is 0.580. The molecular weight excluding hydrogens is 216 g/mol. The number of hydrogen-bond acceptors (Lipinski definition) is 4. The summed E-state index contributed by atoms with van der Waals surface area (Å²) in [7, 11) is 0. The molecule has 0 fully saturated rings. The fourth-order valence-corrected chi connectivity index (χ4v) is 1.01. The lowest BCUT2D eigenvalue weighted by Gasteiger charge is -2.06. The molecule has 7 heteroatoms. The Morgan fingerprint density at radius 3 is 2.44 bits per heavy atom. The first-order valence-corrected chi connectivity index (χ1v) is 4.26. The van der Waals surface area contributed by atoms with Crippen molar-refractivity contribution in [2.45, 2.75) is 0 Å². The number of carbonyl (C=O) groups is 2. The maximum absolute atomic E-state index is 10.9. The van der Waals surface area contributed by atoms with Crippen molar-refractivity contribution in [1.29, 1.82) is 0 Å². The van der Waals surface area contributed by atoms with Gasteiger partial charge in [0.05, 0.1) is 0 Å². The number of rotatable bonds is 3. The molecule has 0 heterocycles. The van der Waals surface area contributed by atoms with Crippen LogP contribution < -0.4 is 10.6 Å². The van der Waals surface area contributed by atoms with Crippen molar-refractivity contribution in [3.05, 3.63) is 24.3 Å². The predicted molar refractivity (Wildman–Crippen MR) is 55.3 cm³/mol. The fourth-order valence-electron chi connectivity index (χ4n) is 1.01. The van der Waals surface area contributed by atoms with Gasteiger partial charge < -0.3 is 14.9 Å². The molecule has 0 unspecified atom stereocenters. The lowest BCUT2D eigenvalue weighted by molar-refractivity contribution is 0.0528. The van der Waals surface area contributed by atoms with E-state index in [0.717, 1.165) is 0 Å². The summed E-state index contributed by atoms with van der Waals surface area (Å²) in [6, 6.07) is 6.04. The third-order valence-electron chi connectivity index (χ3n) is 1.56. The lowest BCUT2D eigenvalue weighted by Crippen LogP contribution is -2.14. The first-order chi connectivity index (χ1) is 7.61. The molecular formula is C9H10N2O5. The van der Waals surface area contributed by atoms with Crippen LogP contribution in [0.5, 0.6) is 0 Å². The second kappa shape index (κ2) is 5.56. The lowest BCUT2D eigenvalue weighted by atomic mass is 10.3. The van der Waals surface area contributed by atoms with Gasteiger partial charge in [-0.1, -0.05) is 6.07 Å². The van der Waals surface area contributed by atoms with Crippen LogP contribution in [0.2, 0.25) is 0 Å². The molecule has 0 atom stereocenters. The molecule has 0 aliphatic heterocycles. The number of nitrogens with one attached hydrogen (secondary N) is 2. The van der Waals surface area contributed by atoms with Crippen LogP contribution in [-0.4, -0.2) is 29.2 Å². The van der Waals surface area contributed by atoms with Crippen molar-refractivity contribution >= 4 is 23.6 Å². The molecule has 86 valence electrons. The second-order valence-electron chi connectivity index (χ2n) is 2.70. The molecule has 0 spiro atoms. The highest BCUT2D eigenvalue weighted by Gasteiger charge is 2.03. The van der Waals surface area contributed by atoms with Gasteiger partial charge in [-0.2, -0.15) is 0 Å². The standard InChI is InChI=1S/C9H10N2O5/c12-5-16-9(15)11-7-3-1-2-6(4-7)10-8(13)14/h1-4,10,12H,5H2,(H,11,15)(H,13,14). The van der Waals surface area contributed by atoms with E-state index in [1.807, 2.05) is 0 Å². The van der Waals surface area contributed by atoms with Crippen LogP contribution in [0, 0.1) is 0 Å². The van der Waals surface area contributed by atoms with Crippen LogP contribution in [0.4, 0.5) is 21.0 Å². The molecule has 1 aromatic rings. The molecule has 1 aromatic carbocycles. The second-order valence-corrected chi connectivity index (χ2v) is 2.70. The van der Waals surface area contributed by atoms with Crippen LogP contribution in [0.3, 0.4) is 0 Å². The molecule has 4 N–H and O–H groups in total. The number of ether oxygens (including phenoxy) is 1. The minimum atomic E-state index is -1.20. The SMILES string of the molecule is O=C(O)Nc1cccc(NC(=O)OCO)c1. The van der Waals surface area contributed by atoms with Crippen LogP contribution >= 0.6 is 0 Å². The van der Waals surface area contributed by atoms with E-state index in [2.05, 4.69) is 15.4 Å². The average molecular weight is 226 g/mol. The van der Waals surface area contributed by atoms with E-state index in [-0.39, 0.29) is 0 Å². The Balaban J connectivity index is 2.67. The third-order valence-corrected chi connectivity index (χ3v) is 1.56. The monoisotopic (exact) mass is 226 g/mol. The van der Waals surface area contributed by atoms with E-state index < -0.39 is 19.0 Å². The number of aliphatic hydroxyl groups excluding tert-OH is 1. The Labute approximate surface area is 90.7 Å². The smallest absolute Gasteiger partial charge is 0.413 e. The molecule has 0 bridgehead atoms. The van der Waals surface area contributed by atoms with Crippen molar-refractivity contribution in [1.82, 2.24) is 0 Å². The number of carboxylic acid groups (broad SMARTS) is 1. The summed E-state index contributed by atoms with van der Waals surface area (Å²) in [6.07, 6.45) is -2.02. The van der Waals surface area contributed by atoms with Crippen LogP contribution in [-0.2, 0) is 4.74 Å². The number of aliphatic hydroxyl groups is 1. The van der Waals surface area contributed by atoms with Crippen molar-refractivity contribution in [3.8, 4) is 0 Å². The molecule has 0 aromatic heterocycles. The summed E-state index contributed by atoms with van der Waals surface area (Å²) in [5.74, 6) is 0. The van der Waals surface area contributed by atoms with E-state index in [4.69, 9.17) is 10.2 Å². The first kappa shape index (κ1) is 11.8. The normalized spacial score (nSPS) is 9.31. The van der Waals surface area contributed by atoms with Gasteiger partial charge in [-0.3, -0.25) is 10.6 Å². The van der Waals surface area contributed by atoms with E-state index in [1.165, 1.54) is 12.1 Å². The number of benzene rings is 1. The number of carbonyl (C=O) groups excluding carboxylic acids is 1. The molecule has 0 saturated carbocycles. The molecule has 0 saturated heterocycles. The summed E-state index contributed by atoms with van der Waals surface area (Å²) >= 11 is 0. The average Bonchev–Trinajstić information content (AvgIpc) is 2.17. The molecule has 0 aliphatic carbocycles. The topological polar surface area (TPSA) is 108 Å². The maximum atomic E-state index is 10.9. The zero-order chi connectivity index (χ0) is 12.0. The third kappa shape index (κ3) is 3.84. The van der Waals surface area contributed by atoms with Gasteiger partial charge in [0.2, 0.25) is 0 Å². The van der Waals surface area contributed by atoms with Crippen molar-refractivity contribution in [2.75, 3.05) is 17.4 Å². The zero-order valence-electron chi connectivity index (χ0n) is 8.14. The molecule has 2 amide bonds. The maximum Gasteiger partial charge on any atom is 0.413 e. The van der Waals surface area contributed by atoms with E-state index in [9.17, 15) is 9.59 Å². The Morgan fingerprint density at radius 2 is 1.88 bits per heavy atom. The molecule has 16 heavy (non-hydrogen) atoms. The van der Waals surface area contributed by atoms with E-state index >= 15 is 0 Å². The Kier molecular flexibility index (Phi) is 4.10. The Hall–Kier alpha value is -2.28. The van der Waals surface area contributed by atoms with Crippen molar-refractivity contribution in [3.63, 3.8) is 0 Å². The highest BCUT2D eigenvalue weighted by molar-refractivity contribution is 5.87. The van der Waals surface area contributed by atoms with Crippen molar-refractivity contribution < 1.29 is 24.5 Å². The largest absolute Gasteiger partial charge is 0.465 e. The van der Waals surface area contributed by atoms with Crippen LogP contribution in [0.15, 0.2) is 24.3 Å². The Morgan fingerprint density at radius 1 is 1.25 bits per heavy atom. The summed E-state index contributed by atoms with van der Waals surface area (Å²) < 4.78 is 4.24. The minimum Gasteiger partial charge on any atom is -0.465 e. The first-order valence-electron chi connectivity index (χ1n) is 4.26. The van der Waals surface area contributed by atoms with Gasteiger partial charge in [-0.25, -0.2) is 9.59 Å². The van der Waals surface area contributed by atoms with Crippen molar-refractivity contribution in [2.24, 2.45) is 0 Å². The van der Waals surface area contributed by atoms with Gasteiger partial charge in [0.25, 0.3) is 0 Å². The number of hydrogen-bond donors (Lipinski definition) is 4. The number of anilines is 2. The highest BCUT2D eigenvalue weighted by atomic mass is 16.6. The molecule has 0 radical (unpaired) electrons. The van der Waals surface area contributed by atoms with E-state index in [0.29, 0.717) is 11.4 Å². The summed E-state index contributed by atoms with van der Waals surface area (Å²) in [6.45, 7) is -0.723. The van der Waals surface area contributed by atoms with E-state index in [1.54, 1.807) is 12.1 Å². The minimum absolute atomic E-state index is 0.314. The van der Waals surface area contributed by atoms with Gasteiger partial charge in [-0.05, 0) is 18.2 Å². The summed E-state index contributed by atoms with van der Waals surface area (Å²) in [5, 5.41) is 21.2. The van der Waals surface area contributed by atoms with Gasteiger partial charge >= 0.3 is 12.2 Å². The van der Waals surface area contributed by atoms with Crippen LogP contribution in [0.1, 0.15) is 0 Å². The molecule has 0 aliphatic rings. The van der Waals surface area contributed by atoms with Gasteiger partial charge in [0.1, 0.15) is 0 Å². The number of amides is 2. The van der Waals surface area contributed by atoms with Gasteiger partial charge in [-0.15, -0.1) is 0 Å². The fraction of sp³-hybridized carbons (Fsp3) is 0.111. The predicted octanol–water partition coefficient (Wildman–Crippen LogP) is 1.27. The zero-order valence-corrected chi connectivity index (χ0v) is 8.14. The Bertz CT molecular complexity index is 393. The van der Waals surface area contributed by atoms with Gasteiger partial charge in [0.15, 0.2) is 6.79 Å². The summed E-state index contributed by atoms with van der Waals surface area (Å²) in [5.41, 5.74) is 0.666. The molecule has 7 nitrogen and oxygen atoms in total. The van der Waals surface area contributed by atoms with Crippen LogP contribution in [0.25, 0.3) is 0 Å². The molecule has 1 rings (SSSR count). The summed E-state index contributed by atoms with van der Waals surface area (Å²) in [4.78, 5) is 21.3. The highest BCUT2D eigenvalue weighted by Crippen LogP contribution is 2.15.